The number of hydrogen-bond acceptors (Lipinski definition) is 3. The molecule has 0 unspecified atom stereocenters. The fraction of sp³-hybridized carbons (Fsp3) is 0.316. The van der Waals surface area contributed by atoms with Crippen LogP contribution in [-0.2, 0) is 12.0 Å². The first-order valence-electron chi connectivity index (χ1n) is 7.67. The normalized spacial score (nSPS) is 15.6. The maximum absolute atomic E-state index is 6.07. The van der Waals surface area contributed by atoms with Crippen molar-refractivity contribution in [3.8, 4) is 11.5 Å². The van der Waals surface area contributed by atoms with Crippen molar-refractivity contribution in [3.05, 3.63) is 58.1 Å². The van der Waals surface area contributed by atoms with E-state index in [-0.39, 0.29) is 5.41 Å². The fourth-order valence-electron chi connectivity index (χ4n) is 2.80. The van der Waals surface area contributed by atoms with Crippen LogP contribution >= 0.6 is 15.9 Å². The lowest BCUT2D eigenvalue weighted by atomic mass is 9.97. The molecule has 0 spiro atoms. The molecule has 0 heterocycles. The summed E-state index contributed by atoms with van der Waals surface area (Å²) in [6.07, 6.45) is 4.28. The fourth-order valence-corrected chi connectivity index (χ4v) is 3.63. The van der Waals surface area contributed by atoms with Crippen LogP contribution in [0.5, 0.6) is 11.5 Å². The van der Waals surface area contributed by atoms with Crippen molar-refractivity contribution in [1.29, 1.82) is 0 Å². The molecule has 0 atom stereocenters. The van der Waals surface area contributed by atoms with Gasteiger partial charge in [-0.05, 0) is 46.0 Å². The molecular formula is C19H20BrNO2. The highest BCUT2D eigenvalue weighted by atomic mass is 79.9. The lowest BCUT2D eigenvalue weighted by Gasteiger charge is -2.18. The van der Waals surface area contributed by atoms with Crippen LogP contribution in [0, 0.1) is 0 Å². The number of ether oxygens (including phenoxy) is 2. The Balaban J connectivity index is 1.91. The summed E-state index contributed by atoms with van der Waals surface area (Å²) in [7, 11) is 3.49. The summed E-state index contributed by atoms with van der Waals surface area (Å²) >= 11 is 3.73. The molecule has 3 rings (SSSR count). The van der Waals surface area contributed by atoms with Crippen LogP contribution < -0.4 is 9.47 Å². The topological polar surface area (TPSA) is 30.8 Å². The largest absolute Gasteiger partial charge is 0.493 e. The van der Waals surface area contributed by atoms with Gasteiger partial charge in [-0.2, -0.15) is 0 Å². The molecule has 23 heavy (non-hydrogen) atoms. The SMILES string of the molecule is C/N=C/C1(c2ccc(OC)c(OCc3ccccc3)c2Br)CC1. The minimum Gasteiger partial charge on any atom is -0.493 e. The van der Waals surface area contributed by atoms with E-state index in [9.17, 15) is 0 Å². The average molecular weight is 374 g/mol. The molecule has 0 aliphatic heterocycles. The van der Waals surface area contributed by atoms with E-state index in [1.807, 2.05) is 37.5 Å². The number of aliphatic imine (C=N–C) groups is 1. The van der Waals surface area contributed by atoms with E-state index >= 15 is 0 Å². The van der Waals surface area contributed by atoms with Gasteiger partial charge in [-0.1, -0.05) is 36.4 Å². The van der Waals surface area contributed by atoms with E-state index in [0.717, 1.165) is 34.4 Å². The van der Waals surface area contributed by atoms with Gasteiger partial charge < -0.3 is 9.47 Å². The molecule has 1 saturated carbocycles. The van der Waals surface area contributed by atoms with E-state index in [1.54, 1.807) is 7.11 Å². The summed E-state index contributed by atoms with van der Waals surface area (Å²) in [5, 5.41) is 0. The van der Waals surface area contributed by atoms with Gasteiger partial charge in [-0.15, -0.1) is 0 Å². The molecule has 3 nitrogen and oxygen atoms in total. The van der Waals surface area contributed by atoms with Crippen molar-refractivity contribution in [2.24, 2.45) is 4.99 Å². The molecule has 0 saturated heterocycles. The Morgan fingerprint density at radius 2 is 1.91 bits per heavy atom. The number of methoxy groups -OCH3 is 1. The Kier molecular flexibility index (Phi) is 4.71. The van der Waals surface area contributed by atoms with Gasteiger partial charge in [0.25, 0.3) is 0 Å². The Morgan fingerprint density at radius 3 is 2.52 bits per heavy atom. The third kappa shape index (κ3) is 3.27. The molecule has 0 aromatic heterocycles. The van der Waals surface area contributed by atoms with Gasteiger partial charge >= 0.3 is 0 Å². The predicted octanol–water partition coefficient (Wildman–Crippen LogP) is 4.77. The molecule has 1 aliphatic rings. The summed E-state index contributed by atoms with van der Waals surface area (Å²) in [4.78, 5) is 4.24. The number of benzene rings is 2. The van der Waals surface area contributed by atoms with Crippen LogP contribution in [-0.4, -0.2) is 20.4 Å². The van der Waals surface area contributed by atoms with Crippen molar-refractivity contribution in [1.82, 2.24) is 0 Å². The zero-order valence-electron chi connectivity index (χ0n) is 13.4. The molecular weight excluding hydrogens is 354 g/mol. The zero-order valence-corrected chi connectivity index (χ0v) is 15.0. The zero-order chi connectivity index (χ0) is 16.3. The summed E-state index contributed by atoms with van der Waals surface area (Å²) in [6.45, 7) is 0.508. The first-order valence-corrected chi connectivity index (χ1v) is 8.46. The molecule has 0 bridgehead atoms. The van der Waals surface area contributed by atoms with Gasteiger partial charge in [0.15, 0.2) is 11.5 Å². The summed E-state index contributed by atoms with van der Waals surface area (Å²) < 4.78 is 12.5. The third-order valence-electron chi connectivity index (χ3n) is 4.21. The smallest absolute Gasteiger partial charge is 0.176 e. The van der Waals surface area contributed by atoms with Crippen molar-refractivity contribution in [2.75, 3.05) is 14.2 Å². The van der Waals surface area contributed by atoms with Crippen molar-refractivity contribution >= 4 is 22.1 Å². The van der Waals surface area contributed by atoms with Gasteiger partial charge in [-0.3, -0.25) is 4.99 Å². The van der Waals surface area contributed by atoms with E-state index in [4.69, 9.17) is 9.47 Å². The summed E-state index contributed by atoms with van der Waals surface area (Å²) in [5.41, 5.74) is 2.39. The molecule has 0 radical (unpaired) electrons. The highest BCUT2D eigenvalue weighted by Crippen LogP contribution is 2.52. The van der Waals surface area contributed by atoms with Crippen molar-refractivity contribution < 1.29 is 9.47 Å². The van der Waals surface area contributed by atoms with Gasteiger partial charge in [0, 0.05) is 18.7 Å². The van der Waals surface area contributed by atoms with E-state index in [2.05, 4.69) is 39.1 Å². The number of rotatable bonds is 6. The molecule has 120 valence electrons. The molecule has 1 fully saturated rings. The highest BCUT2D eigenvalue weighted by molar-refractivity contribution is 9.10. The van der Waals surface area contributed by atoms with E-state index in [0.29, 0.717) is 6.61 Å². The second-order valence-electron chi connectivity index (χ2n) is 5.78. The molecule has 2 aromatic carbocycles. The minimum atomic E-state index is 0.0463. The van der Waals surface area contributed by atoms with Crippen LogP contribution in [0.4, 0.5) is 0 Å². The molecule has 1 aliphatic carbocycles. The Morgan fingerprint density at radius 1 is 1.17 bits per heavy atom. The van der Waals surface area contributed by atoms with Gasteiger partial charge in [-0.25, -0.2) is 0 Å². The molecule has 0 amide bonds. The molecule has 4 heteroatoms. The van der Waals surface area contributed by atoms with Crippen LogP contribution in [0.3, 0.4) is 0 Å². The highest BCUT2D eigenvalue weighted by Gasteiger charge is 2.44. The van der Waals surface area contributed by atoms with Gasteiger partial charge in [0.1, 0.15) is 6.61 Å². The molecule has 0 N–H and O–H groups in total. The predicted molar refractivity (Wildman–Crippen MR) is 96.8 cm³/mol. The van der Waals surface area contributed by atoms with Crippen molar-refractivity contribution in [3.63, 3.8) is 0 Å². The lowest BCUT2D eigenvalue weighted by molar-refractivity contribution is 0.282. The van der Waals surface area contributed by atoms with Gasteiger partial charge in [0.05, 0.1) is 11.6 Å². The summed E-state index contributed by atoms with van der Waals surface area (Å²) in [6, 6.07) is 14.2. The number of halogens is 1. The maximum atomic E-state index is 6.07. The van der Waals surface area contributed by atoms with E-state index < -0.39 is 0 Å². The Labute approximate surface area is 145 Å². The third-order valence-corrected chi connectivity index (χ3v) is 5.00. The molecule has 2 aromatic rings. The van der Waals surface area contributed by atoms with Crippen LogP contribution in [0.15, 0.2) is 51.9 Å². The second-order valence-corrected chi connectivity index (χ2v) is 6.57. The monoisotopic (exact) mass is 373 g/mol. The maximum Gasteiger partial charge on any atom is 0.176 e. The minimum absolute atomic E-state index is 0.0463. The van der Waals surface area contributed by atoms with Crippen LogP contribution in [0.25, 0.3) is 0 Å². The first-order chi connectivity index (χ1) is 11.2. The second kappa shape index (κ2) is 6.75. The van der Waals surface area contributed by atoms with Crippen LogP contribution in [0.2, 0.25) is 0 Å². The lowest BCUT2D eigenvalue weighted by Crippen LogP contribution is -2.10. The van der Waals surface area contributed by atoms with Crippen molar-refractivity contribution in [2.45, 2.75) is 24.9 Å². The Hall–Kier alpha value is -1.81. The number of nitrogens with zero attached hydrogens (tertiary/aromatic N) is 1. The van der Waals surface area contributed by atoms with Gasteiger partial charge in [0.2, 0.25) is 0 Å². The van der Waals surface area contributed by atoms with Crippen LogP contribution in [0.1, 0.15) is 24.0 Å². The summed E-state index contributed by atoms with van der Waals surface area (Å²) in [5.74, 6) is 1.49. The Bertz CT molecular complexity index is 709. The number of hydrogen-bond donors (Lipinski definition) is 0. The first kappa shape index (κ1) is 16.1. The quantitative estimate of drug-likeness (QED) is 0.682. The average Bonchev–Trinajstić information content (AvgIpc) is 3.35. The standard InChI is InChI=1S/C19H20BrNO2/c1-21-13-19(10-11-19)15-8-9-16(22-2)18(17(15)20)23-12-14-6-4-3-5-7-14/h3-9,13H,10-12H2,1-2H3/b21-13+. The van der Waals surface area contributed by atoms with E-state index in [1.165, 1.54) is 5.56 Å².